The fourth-order valence-electron chi connectivity index (χ4n) is 11.5. The predicted molar refractivity (Wildman–Crippen MR) is 216 cm³/mol. The van der Waals surface area contributed by atoms with E-state index in [0.29, 0.717) is 72.8 Å². The van der Waals surface area contributed by atoms with Crippen molar-refractivity contribution in [1.29, 1.82) is 0 Å². The van der Waals surface area contributed by atoms with Crippen molar-refractivity contribution in [2.45, 2.75) is 123 Å². The maximum atomic E-state index is 7.04. The summed E-state index contributed by atoms with van der Waals surface area (Å²) in [5.74, 6) is 5.63. The average Bonchev–Trinajstić information content (AvgIpc) is 3.46. The van der Waals surface area contributed by atoms with Gasteiger partial charge in [0.25, 0.3) is 0 Å². The molecule has 10 heteroatoms. The molecule has 0 aromatic heterocycles. The van der Waals surface area contributed by atoms with Crippen molar-refractivity contribution in [3.8, 4) is 0 Å². The van der Waals surface area contributed by atoms with Crippen LogP contribution in [0.2, 0.25) is 0 Å². The molecule has 8 nitrogen and oxygen atoms in total. The average molecular weight is 742 g/mol. The van der Waals surface area contributed by atoms with E-state index < -0.39 is 0 Å². The van der Waals surface area contributed by atoms with E-state index in [4.69, 9.17) is 31.4 Å². The molecule has 0 aromatic rings. The first kappa shape index (κ1) is 43.1. The first-order valence-electron chi connectivity index (χ1n) is 20.9. The molecule has 50 heavy (non-hydrogen) atoms. The molecule has 0 saturated heterocycles. The van der Waals surface area contributed by atoms with Crippen LogP contribution in [0, 0.1) is 46.3 Å². The third-order valence-corrected chi connectivity index (χ3v) is 14.6. The van der Waals surface area contributed by atoms with Crippen LogP contribution in [0.4, 0.5) is 0 Å². The zero-order chi connectivity index (χ0) is 36.0. The lowest BCUT2D eigenvalue weighted by Crippen LogP contribution is -2.63. The van der Waals surface area contributed by atoms with Crippen molar-refractivity contribution in [1.82, 2.24) is 10.2 Å². The van der Waals surface area contributed by atoms with Crippen LogP contribution in [-0.2, 0) is 14.2 Å². The van der Waals surface area contributed by atoms with Gasteiger partial charge in [0.1, 0.15) is 0 Å². The highest BCUT2D eigenvalue weighted by Crippen LogP contribution is 2.69. The number of ether oxygens (including phenoxy) is 3. The van der Waals surface area contributed by atoms with Crippen molar-refractivity contribution >= 4 is 25.3 Å². The summed E-state index contributed by atoms with van der Waals surface area (Å²) in [4.78, 5) is 2.48. The van der Waals surface area contributed by atoms with Crippen LogP contribution in [-0.4, -0.2) is 107 Å². The molecule has 0 radical (unpaired) electrons. The van der Waals surface area contributed by atoms with Gasteiger partial charge in [0.05, 0.1) is 18.3 Å². The predicted octanol–water partition coefficient (Wildman–Crippen LogP) is 5.62. The van der Waals surface area contributed by atoms with Crippen LogP contribution in [0.1, 0.15) is 104 Å². The Kier molecular flexibility index (Phi) is 19.0. The molecule has 4 rings (SSSR count). The SMILES string of the molecule is C[C@H](CCCNCCCN(CCS)CCS)C1CCC2[C@H]3[C@H](OCCCN)CC4C[C@H](OCCCN)CCC4(C)[C@H]3C[C@H](OCCCN)C21C. The monoisotopic (exact) mass is 742 g/mol. The second-order valence-corrected chi connectivity index (χ2v) is 17.9. The molecular formula is C40H79N5O3S2. The summed E-state index contributed by atoms with van der Waals surface area (Å²) < 4.78 is 20.4. The van der Waals surface area contributed by atoms with Crippen LogP contribution in [0.3, 0.4) is 0 Å². The number of thiol groups is 2. The molecule has 0 aliphatic heterocycles. The van der Waals surface area contributed by atoms with Gasteiger partial charge in [-0.05, 0) is 164 Å². The number of hydrogen-bond donors (Lipinski definition) is 6. The normalized spacial score (nSPS) is 35.9. The van der Waals surface area contributed by atoms with Gasteiger partial charge in [-0.1, -0.05) is 20.8 Å². The number of fused-ring (bicyclic) bond motifs is 5. The molecule has 7 N–H and O–H groups in total. The van der Waals surface area contributed by atoms with Gasteiger partial charge in [-0.25, -0.2) is 0 Å². The molecule has 11 atom stereocenters. The van der Waals surface area contributed by atoms with Gasteiger partial charge in [-0.2, -0.15) is 25.3 Å². The van der Waals surface area contributed by atoms with E-state index in [-0.39, 0.29) is 11.5 Å². The minimum atomic E-state index is 0.160. The Morgan fingerprint density at radius 3 is 2.10 bits per heavy atom. The minimum absolute atomic E-state index is 0.160. The molecule has 4 aliphatic rings. The topological polar surface area (TPSA) is 121 Å². The molecule has 0 bridgehead atoms. The van der Waals surface area contributed by atoms with Gasteiger partial charge in [-0.15, -0.1) is 0 Å². The van der Waals surface area contributed by atoms with Crippen molar-refractivity contribution in [2.75, 3.05) is 83.7 Å². The fraction of sp³-hybridized carbons (Fsp3) is 1.00. The lowest BCUT2D eigenvalue weighted by molar-refractivity contribution is -0.227. The van der Waals surface area contributed by atoms with E-state index in [1.165, 1.54) is 38.5 Å². The van der Waals surface area contributed by atoms with Crippen molar-refractivity contribution in [3.63, 3.8) is 0 Å². The van der Waals surface area contributed by atoms with Crippen LogP contribution in [0.5, 0.6) is 0 Å². The van der Waals surface area contributed by atoms with Gasteiger partial charge in [-0.3, -0.25) is 0 Å². The van der Waals surface area contributed by atoms with E-state index in [0.717, 1.165) is 109 Å². The molecule has 0 aromatic carbocycles. The van der Waals surface area contributed by atoms with Crippen molar-refractivity contribution in [2.24, 2.45) is 63.5 Å². The first-order valence-corrected chi connectivity index (χ1v) is 22.1. The minimum Gasteiger partial charge on any atom is -0.378 e. The zero-order valence-corrected chi connectivity index (χ0v) is 34.2. The maximum absolute atomic E-state index is 7.04. The molecule has 4 saturated carbocycles. The van der Waals surface area contributed by atoms with E-state index in [1.54, 1.807) is 0 Å². The molecule has 294 valence electrons. The Morgan fingerprint density at radius 1 is 0.760 bits per heavy atom. The third kappa shape index (κ3) is 10.8. The Bertz CT molecular complexity index is 933. The van der Waals surface area contributed by atoms with E-state index in [1.807, 2.05) is 0 Å². The lowest BCUT2D eigenvalue weighted by atomic mass is 9.43. The molecule has 5 unspecified atom stereocenters. The summed E-state index contributed by atoms with van der Waals surface area (Å²) in [6, 6.07) is 0. The quantitative estimate of drug-likeness (QED) is 0.0527. The summed E-state index contributed by atoms with van der Waals surface area (Å²) in [7, 11) is 0. The van der Waals surface area contributed by atoms with Crippen molar-refractivity contribution in [3.05, 3.63) is 0 Å². The molecule has 0 heterocycles. The van der Waals surface area contributed by atoms with Crippen LogP contribution in [0.15, 0.2) is 0 Å². The Labute approximate surface area is 318 Å². The summed E-state index contributed by atoms with van der Waals surface area (Å²) in [5, 5.41) is 3.75. The van der Waals surface area contributed by atoms with Gasteiger partial charge >= 0.3 is 0 Å². The highest BCUT2D eigenvalue weighted by molar-refractivity contribution is 7.80. The maximum Gasteiger partial charge on any atom is 0.0637 e. The van der Waals surface area contributed by atoms with E-state index in [2.05, 4.69) is 56.2 Å². The summed E-state index contributed by atoms with van der Waals surface area (Å²) in [5.41, 5.74) is 18.2. The second kappa shape index (κ2) is 22.1. The van der Waals surface area contributed by atoms with Gasteiger partial charge in [0, 0.05) is 49.8 Å². The number of nitrogens with two attached hydrogens (primary N) is 3. The third-order valence-electron chi connectivity index (χ3n) is 14.2. The highest BCUT2D eigenvalue weighted by atomic mass is 32.1. The highest BCUT2D eigenvalue weighted by Gasteiger charge is 2.66. The number of nitrogens with one attached hydrogen (secondary N) is 1. The number of hydrogen-bond acceptors (Lipinski definition) is 10. The molecule has 4 fully saturated rings. The summed E-state index contributed by atoms with van der Waals surface area (Å²) >= 11 is 8.86. The largest absolute Gasteiger partial charge is 0.378 e. The van der Waals surface area contributed by atoms with Crippen LogP contribution >= 0.6 is 25.3 Å². The molecular weight excluding hydrogens is 663 g/mol. The summed E-state index contributed by atoms with van der Waals surface area (Å²) in [6.45, 7) is 17.7. The smallest absolute Gasteiger partial charge is 0.0637 e. The van der Waals surface area contributed by atoms with Gasteiger partial charge in [0.2, 0.25) is 0 Å². The Balaban J connectivity index is 1.45. The Morgan fingerprint density at radius 2 is 1.42 bits per heavy atom. The van der Waals surface area contributed by atoms with E-state index >= 15 is 0 Å². The second-order valence-electron chi connectivity index (χ2n) is 17.0. The zero-order valence-electron chi connectivity index (χ0n) is 32.4. The van der Waals surface area contributed by atoms with Crippen LogP contribution in [0.25, 0.3) is 0 Å². The standard InChI is InChI=1S/C40H79N5O3S2/c1-30(9-4-17-44-18-8-19-45(20-25-49)21-26-50)33-10-11-34-38-35(29-37(40(33,34)3)48-24-7-16-43)39(2)13-12-32(46-22-5-14-41)27-31(39)28-36(38)47-23-6-15-42/h30-38,44,49-50H,4-29,41-43H2,1-3H3/t30-,31?,32-,33?,34?,35+,36-,37+,38-,39?,40?/m1/s1. The van der Waals surface area contributed by atoms with Gasteiger partial charge < -0.3 is 41.6 Å². The lowest BCUT2D eigenvalue weighted by Gasteiger charge is -2.65. The first-order chi connectivity index (χ1) is 24.3. The van der Waals surface area contributed by atoms with Gasteiger partial charge in [0.15, 0.2) is 0 Å². The molecule has 0 amide bonds. The fourth-order valence-corrected chi connectivity index (χ4v) is 12.1. The Hall–Kier alpha value is 0.380. The van der Waals surface area contributed by atoms with Crippen molar-refractivity contribution < 1.29 is 14.2 Å². The number of nitrogens with zero attached hydrogens (tertiary/aromatic N) is 1. The summed E-state index contributed by atoms with van der Waals surface area (Å²) in [6.07, 6.45) is 15.9. The van der Waals surface area contributed by atoms with Crippen LogP contribution < -0.4 is 22.5 Å². The number of rotatable bonds is 25. The molecule has 0 spiro atoms. The van der Waals surface area contributed by atoms with E-state index in [9.17, 15) is 0 Å². The molecule has 4 aliphatic carbocycles.